The van der Waals surface area contributed by atoms with Crippen LogP contribution in [0, 0.1) is 0 Å². The molecule has 182 valence electrons. The molecule has 5 nitrogen and oxygen atoms in total. The Morgan fingerprint density at radius 2 is 1.88 bits per heavy atom. The van der Waals surface area contributed by atoms with E-state index in [9.17, 15) is 9.59 Å². The van der Waals surface area contributed by atoms with Gasteiger partial charge in [-0.15, -0.1) is 0 Å². The first-order valence-electron chi connectivity index (χ1n) is 12.2. The number of anilines is 2. The second-order valence-electron chi connectivity index (χ2n) is 9.30. The lowest BCUT2D eigenvalue weighted by Crippen LogP contribution is -2.46. The number of aldehydes is 1. The quantitative estimate of drug-likeness (QED) is 0.344. The summed E-state index contributed by atoms with van der Waals surface area (Å²) in [7, 11) is 2.10. The SMILES string of the molecule is CN1CCCc2cc(C(=O)CCCN3CCN(c4cccc(Cl)c4Cl)CC3)cc(CCC=O)c21. The fourth-order valence-electron chi connectivity index (χ4n) is 5.18. The van der Waals surface area contributed by atoms with Crippen LogP contribution >= 0.6 is 23.2 Å². The molecular weight excluding hydrogens is 469 g/mol. The highest BCUT2D eigenvalue weighted by Gasteiger charge is 2.22. The molecule has 1 fully saturated rings. The smallest absolute Gasteiger partial charge is 0.162 e. The molecule has 0 amide bonds. The second kappa shape index (κ2) is 11.6. The van der Waals surface area contributed by atoms with Crippen LogP contribution in [0.2, 0.25) is 10.0 Å². The molecule has 2 heterocycles. The Kier molecular flexibility index (Phi) is 8.51. The van der Waals surface area contributed by atoms with Gasteiger partial charge in [-0.2, -0.15) is 0 Å². The van der Waals surface area contributed by atoms with Crippen molar-refractivity contribution in [1.82, 2.24) is 4.90 Å². The normalized spacial score (nSPS) is 16.4. The number of piperazine rings is 1. The lowest BCUT2D eigenvalue weighted by molar-refractivity contribution is -0.107. The van der Waals surface area contributed by atoms with Gasteiger partial charge in [0.05, 0.1) is 15.7 Å². The Morgan fingerprint density at radius 3 is 2.65 bits per heavy atom. The summed E-state index contributed by atoms with van der Waals surface area (Å²) in [6, 6.07) is 9.88. The molecule has 2 aliphatic rings. The summed E-state index contributed by atoms with van der Waals surface area (Å²) < 4.78 is 0. The van der Waals surface area contributed by atoms with E-state index in [0.29, 0.717) is 29.3 Å². The first-order valence-corrected chi connectivity index (χ1v) is 13.0. The third-order valence-corrected chi connectivity index (χ3v) is 7.77. The molecular formula is C27H33Cl2N3O2. The average molecular weight is 502 g/mol. The summed E-state index contributed by atoms with van der Waals surface area (Å²) in [5.41, 5.74) is 5.40. The first kappa shape index (κ1) is 25.0. The molecule has 0 saturated carbocycles. The number of Topliss-reactive ketones (excluding diaryl/α,β-unsaturated/α-hetero) is 1. The van der Waals surface area contributed by atoms with E-state index in [1.54, 1.807) is 0 Å². The van der Waals surface area contributed by atoms with Crippen molar-refractivity contribution in [1.29, 1.82) is 0 Å². The zero-order chi connectivity index (χ0) is 24.1. The van der Waals surface area contributed by atoms with Crippen molar-refractivity contribution in [3.8, 4) is 0 Å². The maximum atomic E-state index is 13.0. The summed E-state index contributed by atoms with van der Waals surface area (Å²) >= 11 is 12.6. The molecule has 2 aliphatic heterocycles. The molecule has 0 unspecified atom stereocenters. The van der Waals surface area contributed by atoms with Gasteiger partial charge in [-0.3, -0.25) is 9.69 Å². The Morgan fingerprint density at radius 1 is 1.09 bits per heavy atom. The minimum atomic E-state index is 0.202. The van der Waals surface area contributed by atoms with Crippen LogP contribution < -0.4 is 9.80 Å². The Balaban J connectivity index is 1.31. The van der Waals surface area contributed by atoms with E-state index in [2.05, 4.69) is 27.8 Å². The molecule has 0 aliphatic carbocycles. The molecule has 1 saturated heterocycles. The fourth-order valence-corrected chi connectivity index (χ4v) is 5.60. The van der Waals surface area contributed by atoms with Crippen LogP contribution in [0.1, 0.15) is 47.2 Å². The molecule has 2 aromatic carbocycles. The molecule has 7 heteroatoms. The highest BCUT2D eigenvalue weighted by atomic mass is 35.5. The summed E-state index contributed by atoms with van der Waals surface area (Å²) in [5.74, 6) is 0.202. The van der Waals surface area contributed by atoms with Crippen LogP contribution in [0.25, 0.3) is 0 Å². The van der Waals surface area contributed by atoms with Gasteiger partial charge in [0.2, 0.25) is 0 Å². The molecule has 2 aromatic rings. The zero-order valence-corrected chi connectivity index (χ0v) is 21.4. The van der Waals surface area contributed by atoms with E-state index in [0.717, 1.165) is 81.6 Å². The van der Waals surface area contributed by atoms with Crippen molar-refractivity contribution in [2.45, 2.75) is 38.5 Å². The van der Waals surface area contributed by atoms with Crippen LogP contribution in [0.5, 0.6) is 0 Å². The predicted molar refractivity (Wildman–Crippen MR) is 141 cm³/mol. The lowest BCUT2D eigenvalue weighted by Gasteiger charge is -2.36. The number of nitrogens with zero attached hydrogens (tertiary/aromatic N) is 3. The average Bonchev–Trinajstić information content (AvgIpc) is 2.84. The van der Waals surface area contributed by atoms with Gasteiger partial charge in [0.25, 0.3) is 0 Å². The first-order chi connectivity index (χ1) is 16.5. The van der Waals surface area contributed by atoms with Crippen LogP contribution in [0.4, 0.5) is 11.4 Å². The highest BCUT2D eigenvalue weighted by Crippen LogP contribution is 2.34. The van der Waals surface area contributed by atoms with Crippen LogP contribution in [0.3, 0.4) is 0 Å². The minimum absolute atomic E-state index is 0.202. The van der Waals surface area contributed by atoms with Crippen LogP contribution in [-0.4, -0.2) is 63.3 Å². The number of benzene rings is 2. The Labute approximate surface area is 212 Å². The Bertz CT molecular complexity index is 1030. The van der Waals surface area contributed by atoms with Crippen molar-refractivity contribution >= 4 is 46.6 Å². The van der Waals surface area contributed by atoms with E-state index >= 15 is 0 Å². The van der Waals surface area contributed by atoms with Gasteiger partial charge in [0.15, 0.2) is 5.78 Å². The van der Waals surface area contributed by atoms with E-state index in [4.69, 9.17) is 23.2 Å². The maximum Gasteiger partial charge on any atom is 0.162 e. The lowest BCUT2D eigenvalue weighted by atomic mass is 9.91. The minimum Gasteiger partial charge on any atom is -0.374 e. The van der Waals surface area contributed by atoms with E-state index < -0.39 is 0 Å². The number of ketones is 1. The molecule has 0 radical (unpaired) electrons. The van der Waals surface area contributed by atoms with Gasteiger partial charge >= 0.3 is 0 Å². The molecule has 0 spiro atoms. The number of carbonyl (C=O) groups is 2. The van der Waals surface area contributed by atoms with Gasteiger partial charge in [0, 0.05) is 63.9 Å². The predicted octanol–water partition coefficient (Wildman–Crippen LogP) is 5.29. The number of aryl methyl sites for hydroxylation is 2. The van der Waals surface area contributed by atoms with E-state index in [-0.39, 0.29) is 5.78 Å². The number of rotatable bonds is 9. The van der Waals surface area contributed by atoms with Crippen LogP contribution in [0.15, 0.2) is 30.3 Å². The van der Waals surface area contributed by atoms with Gasteiger partial charge in [-0.25, -0.2) is 0 Å². The molecule has 0 N–H and O–H groups in total. The highest BCUT2D eigenvalue weighted by molar-refractivity contribution is 6.43. The van der Waals surface area contributed by atoms with Crippen molar-refractivity contribution in [2.24, 2.45) is 0 Å². The second-order valence-corrected chi connectivity index (χ2v) is 10.1. The summed E-state index contributed by atoms with van der Waals surface area (Å²) in [6.45, 7) is 5.61. The van der Waals surface area contributed by atoms with Gasteiger partial charge < -0.3 is 14.6 Å². The van der Waals surface area contributed by atoms with Crippen molar-refractivity contribution in [3.05, 3.63) is 57.1 Å². The fraction of sp³-hybridized carbons (Fsp3) is 0.481. The standard InChI is InChI=1S/C27H33Cl2N3O2/c1-30-11-3-6-20-18-22(19-21(27(20)30)7-5-17-33)25(34)10-4-12-31-13-15-32(16-14-31)24-9-2-8-23(28)26(24)29/h2,8-9,17-19H,3-7,10-16H2,1H3. The summed E-state index contributed by atoms with van der Waals surface area (Å²) in [6.07, 6.45) is 5.63. The third kappa shape index (κ3) is 5.76. The zero-order valence-electron chi connectivity index (χ0n) is 19.9. The number of hydrogen-bond donors (Lipinski definition) is 0. The Hall–Kier alpha value is -2.08. The van der Waals surface area contributed by atoms with E-state index in [1.165, 1.54) is 11.3 Å². The molecule has 34 heavy (non-hydrogen) atoms. The van der Waals surface area contributed by atoms with Crippen molar-refractivity contribution < 1.29 is 9.59 Å². The number of fused-ring (bicyclic) bond motifs is 1. The van der Waals surface area contributed by atoms with Crippen LogP contribution in [-0.2, 0) is 17.6 Å². The maximum absolute atomic E-state index is 13.0. The molecule has 4 rings (SSSR count). The van der Waals surface area contributed by atoms with E-state index in [1.807, 2.05) is 24.3 Å². The largest absolute Gasteiger partial charge is 0.374 e. The van der Waals surface area contributed by atoms with Crippen molar-refractivity contribution in [3.63, 3.8) is 0 Å². The third-order valence-electron chi connectivity index (χ3n) is 6.97. The molecule has 0 bridgehead atoms. The summed E-state index contributed by atoms with van der Waals surface area (Å²) in [5, 5.41) is 1.20. The number of hydrogen-bond acceptors (Lipinski definition) is 5. The monoisotopic (exact) mass is 501 g/mol. The van der Waals surface area contributed by atoms with Gasteiger partial charge in [-0.05, 0) is 67.6 Å². The molecule has 0 aromatic heterocycles. The summed E-state index contributed by atoms with van der Waals surface area (Å²) in [4.78, 5) is 31.0. The van der Waals surface area contributed by atoms with Gasteiger partial charge in [0.1, 0.15) is 6.29 Å². The van der Waals surface area contributed by atoms with Crippen molar-refractivity contribution in [2.75, 3.05) is 56.1 Å². The number of halogens is 2. The molecule has 0 atom stereocenters. The van der Waals surface area contributed by atoms with Gasteiger partial charge in [-0.1, -0.05) is 29.3 Å². The topological polar surface area (TPSA) is 43.9 Å². The number of carbonyl (C=O) groups excluding carboxylic acids is 2.